The molecule has 0 saturated heterocycles. The molecular formula is C19H22N2O3S. The highest BCUT2D eigenvalue weighted by molar-refractivity contribution is 7.18. The summed E-state index contributed by atoms with van der Waals surface area (Å²) in [6, 6.07) is 7.07. The number of thiophene rings is 1. The van der Waals surface area contributed by atoms with E-state index in [1.165, 1.54) is 15.9 Å². The third-order valence-corrected chi connectivity index (χ3v) is 5.65. The van der Waals surface area contributed by atoms with Crippen molar-refractivity contribution >= 4 is 21.6 Å². The van der Waals surface area contributed by atoms with E-state index in [4.69, 9.17) is 4.74 Å². The molecule has 0 spiro atoms. The lowest BCUT2D eigenvalue weighted by Crippen LogP contribution is -2.22. The lowest BCUT2D eigenvalue weighted by atomic mass is 10.0. The second kappa shape index (κ2) is 6.61. The summed E-state index contributed by atoms with van der Waals surface area (Å²) in [5.74, 6) is 0.213. The van der Waals surface area contributed by atoms with Crippen LogP contribution in [0.15, 0.2) is 35.4 Å². The number of ether oxygens (including phenoxy) is 1. The molecule has 2 heterocycles. The number of rotatable bonds is 5. The fourth-order valence-electron chi connectivity index (χ4n) is 2.58. The van der Waals surface area contributed by atoms with Crippen LogP contribution in [0.25, 0.3) is 15.9 Å². The minimum atomic E-state index is -0.187. The van der Waals surface area contributed by atoms with Gasteiger partial charge in [-0.1, -0.05) is 0 Å². The van der Waals surface area contributed by atoms with E-state index in [9.17, 15) is 9.90 Å². The summed E-state index contributed by atoms with van der Waals surface area (Å²) in [5.41, 5.74) is 1.88. The SMILES string of the molecule is COC(C)(C)CCc1cc2ncn(-c3ccc(O)c(C)c3)c(=O)c2s1. The van der Waals surface area contributed by atoms with E-state index in [2.05, 4.69) is 18.8 Å². The van der Waals surface area contributed by atoms with Crippen LogP contribution in [0.2, 0.25) is 0 Å². The van der Waals surface area contributed by atoms with Crippen LogP contribution in [0.5, 0.6) is 5.75 Å². The molecule has 0 bridgehead atoms. The van der Waals surface area contributed by atoms with Gasteiger partial charge in [0, 0.05) is 12.0 Å². The molecule has 6 heteroatoms. The number of hydrogen-bond acceptors (Lipinski definition) is 5. The number of aromatic nitrogens is 2. The molecule has 0 radical (unpaired) electrons. The summed E-state index contributed by atoms with van der Waals surface area (Å²) < 4.78 is 7.63. The number of nitrogens with zero attached hydrogens (tertiary/aromatic N) is 2. The third kappa shape index (κ3) is 3.60. The Labute approximate surface area is 150 Å². The number of phenolic OH excluding ortho intramolecular Hbond substituents is 1. The van der Waals surface area contributed by atoms with Crippen LogP contribution in [-0.4, -0.2) is 27.4 Å². The summed E-state index contributed by atoms with van der Waals surface area (Å²) in [5, 5.41) is 9.67. The zero-order chi connectivity index (χ0) is 18.2. The van der Waals surface area contributed by atoms with Crippen LogP contribution in [0, 0.1) is 6.92 Å². The molecule has 5 nitrogen and oxygen atoms in total. The Bertz CT molecular complexity index is 972. The topological polar surface area (TPSA) is 64.3 Å². The van der Waals surface area contributed by atoms with Gasteiger partial charge in [-0.25, -0.2) is 4.98 Å². The molecule has 0 aliphatic heterocycles. The molecule has 0 fully saturated rings. The van der Waals surface area contributed by atoms with E-state index in [-0.39, 0.29) is 16.9 Å². The molecule has 0 saturated carbocycles. The molecule has 3 rings (SSSR count). The van der Waals surface area contributed by atoms with E-state index >= 15 is 0 Å². The second-order valence-electron chi connectivity index (χ2n) is 6.78. The summed E-state index contributed by atoms with van der Waals surface area (Å²) in [7, 11) is 1.71. The quantitative estimate of drug-likeness (QED) is 0.753. The molecular weight excluding hydrogens is 336 g/mol. The Morgan fingerprint density at radius 2 is 2.08 bits per heavy atom. The largest absolute Gasteiger partial charge is 0.508 e. The molecule has 132 valence electrons. The average molecular weight is 358 g/mol. The Hall–Kier alpha value is -2.18. The van der Waals surface area contributed by atoms with Crippen molar-refractivity contribution in [1.29, 1.82) is 0 Å². The van der Waals surface area contributed by atoms with Crippen molar-refractivity contribution in [3.8, 4) is 11.4 Å². The highest BCUT2D eigenvalue weighted by atomic mass is 32.1. The van der Waals surface area contributed by atoms with Gasteiger partial charge in [-0.05, 0) is 63.4 Å². The predicted octanol–water partition coefficient (Wildman–Crippen LogP) is 3.82. The average Bonchev–Trinajstić information content (AvgIpc) is 3.00. The number of methoxy groups -OCH3 is 1. The van der Waals surface area contributed by atoms with Crippen LogP contribution in [-0.2, 0) is 11.2 Å². The summed E-state index contributed by atoms with van der Waals surface area (Å²) in [6.45, 7) is 5.91. The molecule has 1 N–H and O–H groups in total. The first-order valence-corrected chi connectivity index (χ1v) is 8.97. The smallest absolute Gasteiger partial charge is 0.275 e. The lowest BCUT2D eigenvalue weighted by molar-refractivity contribution is 0.0159. The number of aryl methyl sites for hydroxylation is 2. The van der Waals surface area contributed by atoms with Gasteiger partial charge in [-0.3, -0.25) is 9.36 Å². The number of hydrogen-bond donors (Lipinski definition) is 1. The molecule has 2 aromatic heterocycles. The van der Waals surface area contributed by atoms with Gasteiger partial charge in [0.05, 0.1) is 16.8 Å². The Morgan fingerprint density at radius 3 is 2.76 bits per heavy atom. The zero-order valence-corrected chi connectivity index (χ0v) is 15.7. The molecule has 0 amide bonds. The Kier molecular flexibility index (Phi) is 4.67. The van der Waals surface area contributed by atoms with Gasteiger partial charge in [0.15, 0.2) is 0 Å². The zero-order valence-electron chi connectivity index (χ0n) is 14.9. The van der Waals surface area contributed by atoms with Crippen molar-refractivity contribution < 1.29 is 9.84 Å². The van der Waals surface area contributed by atoms with Gasteiger partial charge in [0.1, 0.15) is 16.8 Å². The van der Waals surface area contributed by atoms with Gasteiger partial charge < -0.3 is 9.84 Å². The Morgan fingerprint density at radius 1 is 1.32 bits per heavy atom. The molecule has 0 atom stereocenters. The van der Waals surface area contributed by atoms with Crippen LogP contribution in [0.4, 0.5) is 0 Å². The van der Waals surface area contributed by atoms with Gasteiger partial charge >= 0.3 is 0 Å². The van der Waals surface area contributed by atoms with Crippen LogP contribution < -0.4 is 5.56 Å². The first kappa shape index (κ1) is 17.6. The number of phenols is 1. The van der Waals surface area contributed by atoms with Gasteiger partial charge in [0.25, 0.3) is 5.56 Å². The third-order valence-electron chi connectivity index (χ3n) is 4.47. The summed E-state index contributed by atoms with van der Waals surface area (Å²) >= 11 is 1.49. The second-order valence-corrected chi connectivity index (χ2v) is 7.92. The highest BCUT2D eigenvalue weighted by Gasteiger charge is 2.17. The molecule has 25 heavy (non-hydrogen) atoms. The highest BCUT2D eigenvalue weighted by Crippen LogP contribution is 2.26. The number of aromatic hydroxyl groups is 1. The maximum absolute atomic E-state index is 12.8. The van der Waals surface area contributed by atoms with Crippen molar-refractivity contribution in [2.45, 2.75) is 39.2 Å². The first-order chi connectivity index (χ1) is 11.8. The van der Waals surface area contributed by atoms with E-state index in [0.29, 0.717) is 10.4 Å². The maximum Gasteiger partial charge on any atom is 0.275 e. The molecule has 0 aliphatic rings. The van der Waals surface area contributed by atoms with E-state index in [1.54, 1.807) is 38.6 Å². The molecule has 0 unspecified atom stereocenters. The lowest BCUT2D eigenvalue weighted by Gasteiger charge is -2.22. The van der Waals surface area contributed by atoms with Crippen molar-refractivity contribution in [2.24, 2.45) is 0 Å². The van der Waals surface area contributed by atoms with E-state index < -0.39 is 0 Å². The van der Waals surface area contributed by atoms with Crippen LogP contribution in [0.3, 0.4) is 0 Å². The van der Waals surface area contributed by atoms with E-state index in [0.717, 1.165) is 28.8 Å². The maximum atomic E-state index is 12.8. The van der Waals surface area contributed by atoms with Crippen molar-refractivity contribution in [3.05, 3.63) is 51.4 Å². The van der Waals surface area contributed by atoms with Crippen molar-refractivity contribution in [1.82, 2.24) is 9.55 Å². The molecule has 0 aliphatic carbocycles. The van der Waals surface area contributed by atoms with Crippen molar-refractivity contribution in [3.63, 3.8) is 0 Å². The minimum absolute atomic E-state index is 0.0858. The van der Waals surface area contributed by atoms with Crippen LogP contribution >= 0.6 is 11.3 Å². The minimum Gasteiger partial charge on any atom is -0.508 e. The molecule has 1 aromatic carbocycles. The normalized spacial score (nSPS) is 12.0. The van der Waals surface area contributed by atoms with Gasteiger partial charge in [0.2, 0.25) is 0 Å². The van der Waals surface area contributed by atoms with Crippen LogP contribution in [0.1, 0.15) is 30.7 Å². The van der Waals surface area contributed by atoms with Gasteiger partial charge in [-0.15, -0.1) is 11.3 Å². The molecule has 3 aromatic rings. The monoisotopic (exact) mass is 358 g/mol. The van der Waals surface area contributed by atoms with Gasteiger partial charge in [-0.2, -0.15) is 0 Å². The number of benzene rings is 1. The van der Waals surface area contributed by atoms with Crippen molar-refractivity contribution in [2.75, 3.05) is 7.11 Å². The summed E-state index contributed by atoms with van der Waals surface area (Å²) in [4.78, 5) is 18.4. The number of fused-ring (bicyclic) bond motifs is 1. The standard InChI is InChI=1S/C19H22N2O3S/c1-12-9-13(5-6-16(12)22)21-11-20-15-10-14(25-17(15)18(21)23)7-8-19(2,3)24-4/h5-6,9-11,22H,7-8H2,1-4H3. The summed E-state index contributed by atoms with van der Waals surface area (Å²) in [6.07, 6.45) is 3.27. The fraction of sp³-hybridized carbons (Fsp3) is 0.368. The first-order valence-electron chi connectivity index (χ1n) is 8.16. The fourth-order valence-corrected chi connectivity index (χ4v) is 3.62. The predicted molar refractivity (Wildman–Crippen MR) is 101 cm³/mol. The Balaban J connectivity index is 1.97. The van der Waals surface area contributed by atoms with E-state index in [1.807, 2.05) is 6.07 Å².